The largest absolute Gasteiger partial charge is 0.380 e. The molecule has 0 atom stereocenters. The number of benzene rings is 1. The lowest BCUT2D eigenvalue weighted by atomic mass is 10.2. The summed E-state index contributed by atoms with van der Waals surface area (Å²) in [4.78, 5) is 21.2. The van der Waals surface area contributed by atoms with Crippen molar-refractivity contribution in [2.75, 3.05) is 23.7 Å². The Kier molecular flexibility index (Phi) is 4.91. The Morgan fingerprint density at radius 3 is 2.50 bits per heavy atom. The Bertz CT molecular complexity index is 448. The summed E-state index contributed by atoms with van der Waals surface area (Å²) in [6.07, 6.45) is 0.128. The first-order valence-corrected chi connectivity index (χ1v) is 5.59. The van der Waals surface area contributed by atoms with E-state index in [-0.39, 0.29) is 18.7 Å². The number of carbonyl (C=O) groups excluding carboxylic acids is 1. The van der Waals surface area contributed by atoms with Gasteiger partial charge in [0.25, 0.3) is 0 Å². The molecular weight excluding hydrogens is 236 g/mol. The minimum atomic E-state index is -0.454. The standard InChI is InChI=1S/C11H16N4O3/c1-2-13-8-4-3-5-9(11(8)15(17)18)14-7-6-10(12)16/h3-5,13-14H,2,6-7H2,1H3,(H2,12,16). The molecule has 1 rings (SSSR count). The van der Waals surface area contributed by atoms with Gasteiger partial charge in [-0.25, -0.2) is 0 Å². The molecule has 0 unspecified atom stereocenters. The van der Waals surface area contributed by atoms with Crippen LogP contribution in [0, 0.1) is 10.1 Å². The van der Waals surface area contributed by atoms with Gasteiger partial charge in [-0.1, -0.05) is 6.07 Å². The van der Waals surface area contributed by atoms with Crippen LogP contribution < -0.4 is 16.4 Å². The highest BCUT2D eigenvalue weighted by atomic mass is 16.6. The van der Waals surface area contributed by atoms with E-state index in [1.54, 1.807) is 18.2 Å². The Labute approximate surface area is 105 Å². The summed E-state index contributed by atoms with van der Waals surface area (Å²) in [6, 6.07) is 4.94. The number of primary amides is 1. The zero-order chi connectivity index (χ0) is 13.5. The van der Waals surface area contributed by atoms with E-state index in [0.29, 0.717) is 17.9 Å². The van der Waals surface area contributed by atoms with Gasteiger partial charge in [0, 0.05) is 19.5 Å². The topological polar surface area (TPSA) is 110 Å². The van der Waals surface area contributed by atoms with E-state index in [1.165, 1.54) is 0 Å². The summed E-state index contributed by atoms with van der Waals surface area (Å²) in [5.41, 5.74) is 5.81. The minimum absolute atomic E-state index is 0.0242. The highest BCUT2D eigenvalue weighted by Gasteiger charge is 2.18. The van der Waals surface area contributed by atoms with Crippen molar-refractivity contribution in [2.24, 2.45) is 5.73 Å². The van der Waals surface area contributed by atoms with Crippen LogP contribution in [0.1, 0.15) is 13.3 Å². The minimum Gasteiger partial charge on any atom is -0.380 e. The predicted octanol–water partition coefficient (Wildman–Crippen LogP) is 1.31. The van der Waals surface area contributed by atoms with Gasteiger partial charge < -0.3 is 16.4 Å². The molecule has 7 nitrogen and oxygen atoms in total. The highest BCUT2D eigenvalue weighted by Crippen LogP contribution is 2.32. The molecule has 98 valence electrons. The van der Waals surface area contributed by atoms with Gasteiger partial charge in [-0.15, -0.1) is 0 Å². The number of carbonyl (C=O) groups is 1. The lowest BCUT2D eigenvalue weighted by Crippen LogP contribution is -2.16. The Morgan fingerprint density at radius 1 is 1.39 bits per heavy atom. The second-order valence-electron chi connectivity index (χ2n) is 3.63. The molecule has 0 bridgehead atoms. The van der Waals surface area contributed by atoms with Gasteiger partial charge in [-0.05, 0) is 19.1 Å². The van der Waals surface area contributed by atoms with Gasteiger partial charge in [0.05, 0.1) is 4.92 Å². The summed E-state index contributed by atoms with van der Waals surface area (Å²) in [6.45, 7) is 2.72. The molecule has 0 saturated carbocycles. The van der Waals surface area contributed by atoms with Gasteiger partial charge in [0.2, 0.25) is 5.91 Å². The van der Waals surface area contributed by atoms with E-state index in [1.807, 2.05) is 6.92 Å². The van der Waals surface area contributed by atoms with Crippen molar-refractivity contribution in [2.45, 2.75) is 13.3 Å². The highest BCUT2D eigenvalue weighted by molar-refractivity contribution is 5.77. The number of nitrogens with zero attached hydrogens (tertiary/aromatic N) is 1. The molecule has 0 heterocycles. The van der Waals surface area contributed by atoms with E-state index >= 15 is 0 Å². The molecule has 1 aromatic carbocycles. The van der Waals surface area contributed by atoms with Gasteiger partial charge in [-0.3, -0.25) is 14.9 Å². The van der Waals surface area contributed by atoms with Crippen molar-refractivity contribution >= 4 is 23.0 Å². The SMILES string of the molecule is CCNc1cccc(NCCC(N)=O)c1[N+](=O)[O-]. The van der Waals surface area contributed by atoms with Crippen LogP contribution in [0.25, 0.3) is 0 Å². The summed E-state index contributed by atoms with van der Waals surface area (Å²) in [5.74, 6) is -0.451. The maximum atomic E-state index is 11.0. The van der Waals surface area contributed by atoms with Crippen molar-refractivity contribution < 1.29 is 9.72 Å². The summed E-state index contributed by atoms with van der Waals surface area (Å²) in [7, 11) is 0. The maximum Gasteiger partial charge on any atom is 0.315 e. The number of nitrogens with two attached hydrogens (primary N) is 1. The van der Waals surface area contributed by atoms with E-state index in [9.17, 15) is 14.9 Å². The first-order chi connectivity index (χ1) is 8.56. The third-order valence-electron chi connectivity index (χ3n) is 2.27. The van der Waals surface area contributed by atoms with Gasteiger partial charge in [0.15, 0.2) is 0 Å². The molecule has 0 aliphatic rings. The van der Waals surface area contributed by atoms with Crippen LogP contribution in [-0.2, 0) is 4.79 Å². The number of nitrogens with one attached hydrogen (secondary N) is 2. The zero-order valence-electron chi connectivity index (χ0n) is 10.1. The lowest BCUT2D eigenvalue weighted by molar-refractivity contribution is -0.383. The number of nitro benzene ring substituents is 1. The van der Waals surface area contributed by atoms with E-state index in [4.69, 9.17) is 5.73 Å². The maximum absolute atomic E-state index is 11.0. The van der Waals surface area contributed by atoms with Crippen LogP contribution in [0.4, 0.5) is 17.1 Å². The molecule has 0 saturated heterocycles. The van der Waals surface area contributed by atoms with E-state index in [0.717, 1.165) is 0 Å². The normalized spacial score (nSPS) is 9.83. The number of hydrogen-bond donors (Lipinski definition) is 3. The fourth-order valence-electron chi connectivity index (χ4n) is 1.54. The van der Waals surface area contributed by atoms with E-state index < -0.39 is 10.8 Å². The van der Waals surface area contributed by atoms with Crippen molar-refractivity contribution in [1.82, 2.24) is 0 Å². The number of hydrogen-bond acceptors (Lipinski definition) is 5. The van der Waals surface area contributed by atoms with Crippen LogP contribution in [0.2, 0.25) is 0 Å². The van der Waals surface area contributed by atoms with Crippen LogP contribution in [0.5, 0.6) is 0 Å². The second-order valence-corrected chi connectivity index (χ2v) is 3.63. The molecule has 1 aromatic rings. The summed E-state index contributed by atoms with van der Waals surface area (Å²) < 4.78 is 0. The van der Waals surface area contributed by atoms with Gasteiger partial charge in [-0.2, -0.15) is 0 Å². The van der Waals surface area contributed by atoms with Crippen LogP contribution in [0.3, 0.4) is 0 Å². The van der Waals surface area contributed by atoms with Gasteiger partial charge in [0.1, 0.15) is 11.4 Å². The fraction of sp³-hybridized carbons (Fsp3) is 0.364. The van der Waals surface area contributed by atoms with E-state index in [2.05, 4.69) is 10.6 Å². The Morgan fingerprint density at radius 2 is 2.00 bits per heavy atom. The van der Waals surface area contributed by atoms with Gasteiger partial charge >= 0.3 is 5.69 Å². The molecule has 4 N–H and O–H groups in total. The molecule has 0 aliphatic heterocycles. The first kappa shape index (κ1) is 13.8. The number of nitro groups is 1. The molecule has 0 spiro atoms. The van der Waals surface area contributed by atoms with Crippen LogP contribution >= 0.6 is 0 Å². The molecule has 1 amide bonds. The molecule has 0 radical (unpaired) electrons. The average Bonchev–Trinajstić information content (AvgIpc) is 2.28. The zero-order valence-corrected chi connectivity index (χ0v) is 10.1. The molecule has 0 fully saturated rings. The predicted molar refractivity (Wildman–Crippen MR) is 69.6 cm³/mol. The lowest BCUT2D eigenvalue weighted by Gasteiger charge is -2.10. The number of amides is 1. The third-order valence-corrected chi connectivity index (χ3v) is 2.27. The monoisotopic (exact) mass is 252 g/mol. The summed E-state index contributed by atoms with van der Waals surface area (Å²) >= 11 is 0. The fourth-order valence-corrected chi connectivity index (χ4v) is 1.54. The van der Waals surface area contributed by atoms with Crippen molar-refractivity contribution in [1.29, 1.82) is 0 Å². The van der Waals surface area contributed by atoms with Crippen LogP contribution in [-0.4, -0.2) is 23.9 Å². The second kappa shape index (κ2) is 6.43. The van der Waals surface area contributed by atoms with Crippen molar-refractivity contribution in [3.8, 4) is 0 Å². The average molecular weight is 252 g/mol. The molecule has 18 heavy (non-hydrogen) atoms. The van der Waals surface area contributed by atoms with Crippen LogP contribution in [0.15, 0.2) is 18.2 Å². The third kappa shape index (κ3) is 3.62. The molecule has 0 aromatic heterocycles. The summed E-state index contributed by atoms with van der Waals surface area (Å²) in [5, 5.41) is 16.8. The van der Waals surface area contributed by atoms with Crippen molar-refractivity contribution in [3.63, 3.8) is 0 Å². The Hall–Kier alpha value is -2.31. The first-order valence-electron chi connectivity index (χ1n) is 5.59. The Balaban J connectivity index is 2.92. The van der Waals surface area contributed by atoms with Crippen molar-refractivity contribution in [3.05, 3.63) is 28.3 Å². The molecule has 7 heteroatoms. The number of rotatable bonds is 7. The number of anilines is 2. The number of para-hydroxylation sites is 1. The molecular formula is C11H16N4O3. The smallest absolute Gasteiger partial charge is 0.315 e. The quantitative estimate of drug-likeness (QED) is 0.500. The molecule has 0 aliphatic carbocycles.